The van der Waals surface area contributed by atoms with Crippen LogP contribution in [-0.4, -0.2) is 30.8 Å². The van der Waals surface area contributed by atoms with E-state index in [0.717, 1.165) is 18.7 Å². The molecule has 1 aliphatic rings. The van der Waals surface area contributed by atoms with Crippen molar-refractivity contribution in [2.45, 2.75) is 19.8 Å². The first-order valence-corrected chi connectivity index (χ1v) is 8.70. The predicted octanol–water partition coefficient (Wildman–Crippen LogP) is 4.31. The Morgan fingerprint density at radius 3 is 2.52 bits per heavy atom. The van der Waals surface area contributed by atoms with Crippen LogP contribution in [0, 0.1) is 0 Å². The van der Waals surface area contributed by atoms with Gasteiger partial charge in [0.25, 0.3) is 0 Å². The molecule has 0 radical (unpaired) electrons. The zero-order valence-electron chi connectivity index (χ0n) is 14.4. The lowest BCUT2D eigenvalue weighted by molar-refractivity contribution is -0.130. The molecule has 25 heavy (non-hydrogen) atoms. The third kappa shape index (κ3) is 4.21. The molecule has 2 aromatic carbocycles. The van der Waals surface area contributed by atoms with Crippen molar-refractivity contribution >= 4 is 23.3 Å². The van der Waals surface area contributed by atoms with Gasteiger partial charge in [-0.3, -0.25) is 0 Å². The molecule has 3 rings (SSSR count). The number of ether oxygens (including phenoxy) is 1. The van der Waals surface area contributed by atoms with E-state index in [2.05, 4.69) is 17.0 Å². The zero-order chi connectivity index (χ0) is 17.6. The van der Waals surface area contributed by atoms with Gasteiger partial charge in [0.05, 0.1) is 12.2 Å². The van der Waals surface area contributed by atoms with Gasteiger partial charge in [-0.05, 0) is 61.2 Å². The van der Waals surface area contributed by atoms with Crippen LogP contribution < -0.4 is 9.64 Å². The summed E-state index contributed by atoms with van der Waals surface area (Å²) < 4.78 is 5.47. The van der Waals surface area contributed by atoms with Crippen molar-refractivity contribution in [1.29, 1.82) is 0 Å². The number of carboxylic acid groups (broad SMARTS) is 1. The van der Waals surface area contributed by atoms with Crippen molar-refractivity contribution in [1.82, 2.24) is 0 Å². The fourth-order valence-electron chi connectivity index (χ4n) is 3.11. The highest BCUT2D eigenvalue weighted by Crippen LogP contribution is 2.25. The van der Waals surface area contributed by atoms with Crippen LogP contribution in [0.2, 0.25) is 0 Å². The molecule has 1 aliphatic heterocycles. The van der Waals surface area contributed by atoms with E-state index in [9.17, 15) is 9.90 Å². The third-order valence-corrected chi connectivity index (χ3v) is 4.36. The normalized spacial score (nSPS) is 14.6. The van der Waals surface area contributed by atoms with E-state index in [1.165, 1.54) is 18.5 Å². The van der Waals surface area contributed by atoms with Gasteiger partial charge in [-0.1, -0.05) is 24.3 Å². The number of aliphatic carboxylic acids is 1. The SMILES string of the molecule is CCOc1cccc(/C(=C/c2ccc(N3CCCC3)cc2)C(=O)O)c1. The lowest BCUT2D eigenvalue weighted by Gasteiger charge is -2.17. The van der Waals surface area contributed by atoms with Gasteiger partial charge >= 0.3 is 5.97 Å². The monoisotopic (exact) mass is 337 g/mol. The third-order valence-electron chi connectivity index (χ3n) is 4.36. The first-order valence-electron chi connectivity index (χ1n) is 8.70. The Kier molecular flexibility index (Phi) is 5.39. The van der Waals surface area contributed by atoms with Crippen molar-refractivity contribution in [2.75, 3.05) is 24.6 Å². The second-order valence-electron chi connectivity index (χ2n) is 6.11. The molecule has 130 valence electrons. The molecule has 1 heterocycles. The summed E-state index contributed by atoms with van der Waals surface area (Å²) in [6, 6.07) is 15.3. The van der Waals surface area contributed by atoms with Gasteiger partial charge in [0.1, 0.15) is 5.75 Å². The number of rotatable bonds is 6. The minimum absolute atomic E-state index is 0.260. The van der Waals surface area contributed by atoms with Crippen molar-refractivity contribution in [3.8, 4) is 5.75 Å². The molecule has 0 unspecified atom stereocenters. The fraction of sp³-hybridized carbons (Fsp3) is 0.286. The molecule has 4 nitrogen and oxygen atoms in total. The Morgan fingerprint density at radius 2 is 1.88 bits per heavy atom. The second kappa shape index (κ2) is 7.88. The van der Waals surface area contributed by atoms with Crippen molar-refractivity contribution in [2.24, 2.45) is 0 Å². The van der Waals surface area contributed by atoms with E-state index in [1.807, 2.05) is 31.2 Å². The van der Waals surface area contributed by atoms with Gasteiger partial charge in [0.2, 0.25) is 0 Å². The summed E-state index contributed by atoms with van der Waals surface area (Å²) in [6.45, 7) is 4.65. The van der Waals surface area contributed by atoms with Crippen LogP contribution in [0.25, 0.3) is 11.6 Å². The van der Waals surface area contributed by atoms with Gasteiger partial charge in [-0.2, -0.15) is 0 Å². The smallest absolute Gasteiger partial charge is 0.336 e. The van der Waals surface area contributed by atoms with Crippen molar-refractivity contribution < 1.29 is 14.6 Å². The average molecular weight is 337 g/mol. The predicted molar refractivity (Wildman–Crippen MR) is 101 cm³/mol. The minimum Gasteiger partial charge on any atom is -0.494 e. The van der Waals surface area contributed by atoms with E-state index in [0.29, 0.717) is 17.9 Å². The van der Waals surface area contributed by atoms with Crippen LogP contribution in [0.5, 0.6) is 5.75 Å². The number of carboxylic acids is 1. The zero-order valence-corrected chi connectivity index (χ0v) is 14.4. The van der Waals surface area contributed by atoms with Gasteiger partial charge in [0, 0.05) is 18.8 Å². The lowest BCUT2D eigenvalue weighted by atomic mass is 10.0. The molecule has 0 aliphatic carbocycles. The second-order valence-corrected chi connectivity index (χ2v) is 6.11. The molecule has 1 N–H and O–H groups in total. The van der Waals surface area contributed by atoms with Crippen LogP contribution in [-0.2, 0) is 4.79 Å². The number of hydrogen-bond acceptors (Lipinski definition) is 3. The topological polar surface area (TPSA) is 49.8 Å². The van der Waals surface area contributed by atoms with E-state index in [1.54, 1.807) is 18.2 Å². The summed E-state index contributed by atoms with van der Waals surface area (Å²) in [5, 5.41) is 9.62. The molecule has 1 fully saturated rings. The Bertz CT molecular complexity index is 759. The van der Waals surface area contributed by atoms with E-state index < -0.39 is 5.97 Å². The maximum atomic E-state index is 11.7. The first kappa shape index (κ1) is 17.1. The summed E-state index contributed by atoms with van der Waals surface area (Å²) in [5.74, 6) is -0.270. The summed E-state index contributed by atoms with van der Waals surface area (Å²) >= 11 is 0. The molecule has 0 aromatic heterocycles. The number of nitrogens with zero attached hydrogens (tertiary/aromatic N) is 1. The molecular formula is C21H23NO3. The van der Waals surface area contributed by atoms with Crippen molar-refractivity contribution in [3.63, 3.8) is 0 Å². The largest absolute Gasteiger partial charge is 0.494 e. The quantitative estimate of drug-likeness (QED) is 0.630. The Labute approximate surface area is 148 Å². The molecule has 0 bridgehead atoms. The summed E-state index contributed by atoms with van der Waals surface area (Å²) in [7, 11) is 0. The van der Waals surface area contributed by atoms with E-state index >= 15 is 0 Å². The van der Waals surface area contributed by atoms with Crippen LogP contribution in [0.1, 0.15) is 30.9 Å². The Hall–Kier alpha value is -2.75. The highest BCUT2D eigenvalue weighted by Gasteiger charge is 2.13. The van der Waals surface area contributed by atoms with Gasteiger partial charge in [-0.25, -0.2) is 4.79 Å². The number of carbonyl (C=O) groups is 1. The molecule has 0 atom stereocenters. The maximum absolute atomic E-state index is 11.7. The minimum atomic E-state index is -0.947. The van der Waals surface area contributed by atoms with Crippen LogP contribution in [0.15, 0.2) is 48.5 Å². The standard InChI is InChI=1S/C21H23NO3/c1-2-25-19-7-5-6-17(15-19)20(21(23)24)14-16-8-10-18(11-9-16)22-12-3-4-13-22/h5-11,14-15H,2-4,12-13H2,1H3,(H,23,24)/b20-14-. The Morgan fingerprint density at radius 1 is 1.16 bits per heavy atom. The van der Waals surface area contributed by atoms with Crippen LogP contribution in [0.3, 0.4) is 0 Å². The maximum Gasteiger partial charge on any atom is 0.336 e. The molecule has 0 saturated carbocycles. The van der Waals surface area contributed by atoms with Gasteiger partial charge in [-0.15, -0.1) is 0 Å². The van der Waals surface area contributed by atoms with E-state index in [4.69, 9.17) is 4.74 Å². The molecular weight excluding hydrogens is 314 g/mol. The van der Waals surface area contributed by atoms with E-state index in [-0.39, 0.29) is 5.57 Å². The molecule has 2 aromatic rings. The molecule has 0 spiro atoms. The number of benzene rings is 2. The summed E-state index contributed by atoms with van der Waals surface area (Å²) in [5.41, 5.74) is 2.98. The first-order chi connectivity index (χ1) is 12.2. The van der Waals surface area contributed by atoms with Crippen molar-refractivity contribution in [3.05, 3.63) is 59.7 Å². The highest BCUT2D eigenvalue weighted by atomic mass is 16.5. The van der Waals surface area contributed by atoms with Gasteiger partial charge < -0.3 is 14.7 Å². The lowest BCUT2D eigenvalue weighted by Crippen LogP contribution is -2.17. The average Bonchev–Trinajstić information content (AvgIpc) is 3.15. The summed E-state index contributed by atoms with van der Waals surface area (Å²) in [6.07, 6.45) is 4.18. The Balaban J connectivity index is 1.87. The molecule has 4 heteroatoms. The number of anilines is 1. The molecule has 0 amide bonds. The summed E-state index contributed by atoms with van der Waals surface area (Å²) in [4.78, 5) is 14.1. The number of hydrogen-bond donors (Lipinski definition) is 1. The van der Waals surface area contributed by atoms with Crippen LogP contribution in [0.4, 0.5) is 5.69 Å². The van der Waals surface area contributed by atoms with Gasteiger partial charge in [0.15, 0.2) is 0 Å². The fourth-order valence-corrected chi connectivity index (χ4v) is 3.11. The van der Waals surface area contributed by atoms with Crippen LogP contribution >= 0.6 is 0 Å². The highest BCUT2D eigenvalue weighted by molar-refractivity contribution is 6.20. The molecule has 1 saturated heterocycles.